The number of fused-ring (bicyclic) bond motifs is 1. The van der Waals surface area contributed by atoms with Crippen molar-refractivity contribution in [3.8, 4) is 11.3 Å². The predicted molar refractivity (Wildman–Crippen MR) is 96.3 cm³/mol. The maximum Gasteiger partial charge on any atom is 0.259 e. The number of rotatable bonds is 3. The van der Waals surface area contributed by atoms with E-state index in [1.54, 1.807) is 19.1 Å². The molecular weight excluding hydrogens is 333 g/mol. The molecule has 0 aliphatic heterocycles. The highest BCUT2D eigenvalue weighted by molar-refractivity contribution is 6.14. The summed E-state index contributed by atoms with van der Waals surface area (Å²) in [5, 5.41) is 7.33. The van der Waals surface area contributed by atoms with Crippen molar-refractivity contribution in [2.75, 3.05) is 5.32 Å². The van der Waals surface area contributed by atoms with Crippen LogP contribution in [-0.2, 0) is 0 Å². The van der Waals surface area contributed by atoms with Gasteiger partial charge in [-0.1, -0.05) is 41.6 Å². The van der Waals surface area contributed by atoms with E-state index in [0.29, 0.717) is 28.0 Å². The Bertz CT molecular complexity index is 1110. The third kappa shape index (κ3) is 2.93. The summed E-state index contributed by atoms with van der Waals surface area (Å²) in [4.78, 5) is 17.2. The molecule has 2 aromatic carbocycles. The fourth-order valence-corrected chi connectivity index (χ4v) is 2.81. The van der Waals surface area contributed by atoms with Crippen LogP contribution in [0.3, 0.4) is 0 Å². The average molecular weight is 347 g/mol. The molecule has 0 unspecified atom stereocenters. The average Bonchev–Trinajstić information content (AvgIpc) is 3.05. The summed E-state index contributed by atoms with van der Waals surface area (Å²) in [6.07, 6.45) is 0. The van der Waals surface area contributed by atoms with Gasteiger partial charge in [0.1, 0.15) is 11.5 Å². The van der Waals surface area contributed by atoms with Crippen molar-refractivity contribution in [1.29, 1.82) is 0 Å². The Morgan fingerprint density at radius 1 is 1.08 bits per heavy atom. The van der Waals surface area contributed by atoms with Gasteiger partial charge in [-0.05, 0) is 31.2 Å². The van der Waals surface area contributed by atoms with Gasteiger partial charge in [0.05, 0.1) is 10.9 Å². The van der Waals surface area contributed by atoms with Crippen molar-refractivity contribution in [1.82, 2.24) is 10.1 Å². The van der Waals surface area contributed by atoms with E-state index in [1.165, 1.54) is 18.2 Å². The number of aromatic nitrogens is 2. The third-order valence-corrected chi connectivity index (χ3v) is 3.95. The number of anilines is 1. The number of nitrogens with one attached hydrogen (secondary N) is 1. The first kappa shape index (κ1) is 16.0. The summed E-state index contributed by atoms with van der Waals surface area (Å²) in [7, 11) is 0. The number of hydrogen-bond donors (Lipinski definition) is 1. The van der Waals surface area contributed by atoms with Gasteiger partial charge in [-0.25, -0.2) is 9.37 Å². The van der Waals surface area contributed by atoms with Gasteiger partial charge >= 0.3 is 0 Å². The first-order chi connectivity index (χ1) is 12.6. The van der Waals surface area contributed by atoms with Crippen molar-refractivity contribution in [2.45, 2.75) is 6.92 Å². The molecule has 5 nitrogen and oxygen atoms in total. The Labute approximate surface area is 148 Å². The lowest BCUT2D eigenvalue weighted by atomic mass is 10.0. The minimum absolute atomic E-state index is 0.285. The van der Waals surface area contributed by atoms with Crippen LogP contribution in [0.4, 0.5) is 10.1 Å². The molecule has 0 spiro atoms. The van der Waals surface area contributed by atoms with Crippen molar-refractivity contribution in [3.63, 3.8) is 0 Å². The van der Waals surface area contributed by atoms with Gasteiger partial charge in [-0.15, -0.1) is 0 Å². The SMILES string of the molecule is Cc1cc(C(=O)Nc2cccc(F)c2)c2c(-c3ccccc3)noc2n1. The van der Waals surface area contributed by atoms with Crippen molar-refractivity contribution < 1.29 is 13.7 Å². The van der Waals surface area contributed by atoms with E-state index in [1.807, 2.05) is 30.3 Å². The van der Waals surface area contributed by atoms with Gasteiger partial charge in [0.2, 0.25) is 0 Å². The quantitative estimate of drug-likeness (QED) is 0.588. The van der Waals surface area contributed by atoms with E-state index in [2.05, 4.69) is 15.5 Å². The van der Waals surface area contributed by atoms with Gasteiger partial charge in [0, 0.05) is 16.9 Å². The summed E-state index contributed by atoms with van der Waals surface area (Å²) in [5.74, 6) is -0.805. The standard InChI is InChI=1S/C20H14FN3O2/c1-12-10-16(19(25)23-15-9-5-8-14(21)11-15)17-18(24-26-20(17)22-12)13-6-3-2-4-7-13/h2-11H,1H3,(H,23,25). The topological polar surface area (TPSA) is 68.0 Å². The van der Waals surface area contributed by atoms with Crippen LogP contribution in [0.2, 0.25) is 0 Å². The Kier molecular flexibility index (Phi) is 3.93. The van der Waals surface area contributed by atoms with Crippen LogP contribution in [-0.4, -0.2) is 16.0 Å². The number of carbonyl (C=O) groups excluding carboxylic acids is 1. The van der Waals surface area contributed by atoms with Gasteiger partial charge < -0.3 is 9.84 Å². The number of carbonyl (C=O) groups is 1. The minimum atomic E-state index is -0.422. The van der Waals surface area contributed by atoms with Gasteiger partial charge in [-0.2, -0.15) is 0 Å². The molecule has 0 saturated heterocycles. The van der Waals surface area contributed by atoms with Crippen LogP contribution in [0.25, 0.3) is 22.4 Å². The molecule has 1 N–H and O–H groups in total. The van der Waals surface area contributed by atoms with Crippen LogP contribution in [0.15, 0.2) is 65.2 Å². The van der Waals surface area contributed by atoms with E-state index in [-0.39, 0.29) is 11.6 Å². The monoisotopic (exact) mass is 347 g/mol. The maximum absolute atomic E-state index is 13.4. The molecule has 4 aromatic rings. The number of aryl methyl sites for hydroxylation is 1. The van der Waals surface area contributed by atoms with Crippen molar-refractivity contribution >= 4 is 22.7 Å². The number of nitrogens with zero attached hydrogens (tertiary/aromatic N) is 2. The second kappa shape index (κ2) is 6.40. The molecule has 128 valence electrons. The number of halogens is 1. The molecule has 6 heteroatoms. The lowest BCUT2D eigenvalue weighted by Gasteiger charge is -2.07. The van der Waals surface area contributed by atoms with E-state index in [0.717, 1.165) is 5.56 Å². The molecule has 1 amide bonds. The summed E-state index contributed by atoms with van der Waals surface area (Å²) >= 11 is 0. The molecule has 0 bridgehead atoms. The Balaban J connectivity index is 1.83. The molecule has 0 aliphatic carbocycles. The zero-order chi connectivity index (χ0) is 18.1. The Hall–Kier alpha value is -3.54. The zero-order valence-electron chi connectivity index (χ0n) is 13.9. The highest BCUT2D eigenvalue weighted by atomic mass is 19.1. The normalized spacial score (nSPS) is 10.8. The number of pyridine rings is 1. The van der Waals surface area contributed by atoms with Crippen LogP contribution in [0, 0.1) is 12.7 Å². The molecule has 0 atom stereocenters. The van der Waals surface area contributed by atoms with Crippen LogP contribution in [0.1, 0.15) is 16.1 Å². The van der Waals surface area contributed by atoms with Crippen LogP contribution in [0.5, 0.6) is 0 Å². The van der Waals surface area contributed by atoms with Crippen molar-refractivity contribution in [3.05, 3.63) is 77.7 Å². The number of benzene rings is 2. The molecule has 0 saturated carbocycles. The number of amides is 1. The maximum atomic E-state index is 13.4. The molecule has 4 rings (SSSR count). The molecule has 0 fully saturated rings. The molecule has 0 aliphatic rings. The summed E-state index contributed by atoms with van der Waals surface area (Å²) in [6.45, 7) is 1.77. The summed E-state index contributed by atoms with van der Waals surface area (Å²) in [5.41, 5.74) is 3.01. The van der Waals surface area contributed by atoms with Gasteiger partial charge in [0.25, 0.3) is 11.6 Å². The largest absolute Gasteiger partial charge is 0.335 e. The first-order valence-corrected chi connectivity index (χ1v) is 8.01. The Morgan fingerprint density at radius 2 is 1.88 bits per heavy atom. The predicted octanol–water partition coefficient (Wildman–Crippen LogP) is 4.59. The van der Waals surface area contributed by atoms with E-state index < -0.39 is 5.82 Å². The lowest BCUT2D eigenvalue weighted by molar-refractivity contribution is 0.102. The van der Waals surface area contributed by atoms with Gasteiger partial charge in [0.15, 0.2) is 0 Å². The number of hydrogen-bond acceptors (Lipinski definition) is 4. The minimum Gasteiger partial charge on any atom is -0.335 e. The van der Waals surface area contributed by atoms with Crippen molar-refractivity contribution in [2.24, 2.45) is 0 Å². The van der Waals surface area contributed by atoms with Crippen LogP contribution >= 0.6 is 0 Å². The summed E-state index contributed by atoms with van der Waals surface area (Å²) in [6, 6.07) is 16.8. The molecular formula is C20H14FN3O2. The van der Waals surface area contributed by atoms with E-state index in [4.69, 9.17) is 4.52 Å². The fraction of sp³-hybridized carbons (Fsp3) is 0.0500. The highest BCUT2D eigenvalue weighted by Crippen LogP contribution is 2.30. The molecule has 26 heavy (non-hydrogen) atoms. The van der Waals surface area contributed by atoms with Gasteiger partial charge in [-0.3, -0.25) is 4.79 Å². The zero-order valence-corrected chi connectivity index (χ0v) is 13.9. The van der Waals surface area contributed by atoms with E-state index >= 15 is 0 Å². The molecule has 0 radical (unpaired) electrons. The third-order valence-electron chi connectivity index (χ3n) is 3.95. The van der Waals surface area contributed by atoms with Crippen LogP contribution < -0.4 is 5.32 Å². The van der Waals surface area contributed by atoms with E-state index in [9.17, 15) is 9.18 Å². The second-order valence-electron chi connectivity index (χ2n) is 5.85. The smallest absolute Gasteiger partial charge is 0.259 e. The first-order valence-electron chi connectivity index (χ1n) is 8.01. The molecule has 2 aromatic heterocycles. The lowest BCUT2D eigenvalue weighted by Crippen LogP contribution is -2.13. The summed E-state index contributed by atoms with van der Waals surface area (Å²) < 4.78 is 18.7. The second-order valence-corrected chi connectivity index (χ2v) is 5.85. The highest BCUT2D eigenvalue weighted by Gasteiger charge is 2.21. The molecule has 2 heterocycles. The Morgan fingerprint density at radius 3 is 2.65 bits per heavy atom. The fourth-order valence-electron chi connectivity index (χ4n) is 2.81.